The van der Waals surface area contributed by atoms with E-state index in [2.05, 4.69) is 10.0 Å². The van der Waals surface area contributed by atoms with Crippen LogP contribution >= 0.6 is 11.3 Å². The van der Waals surface area contributed by atoms with E-state index in [0.717, 1.165) is 10.4 Å². The zero-order chi connectivity index (χ0) is 23.9. The molecule has 0 radical (unpaired) electrons. The van der Waals surface area contributed by atoms with Crippen LogP contribution in [-0.2, 0) is 30.7 Å². The highest BCUT2D eigenvalue weighted by molar-refractivity contribution is 7.89. The molecule has 11 heteroatoms. The zero-order valence-corrected chi connectivity index (χ0v) is 19.9. The Kier molecular flexibility index (Phi) is 8.93. The van der Waals surface area contributed by atoms with Crippen molar-refractivity contribution in [2.45, 2.75) is 39.0 Å². The smallest absolute Gasteiger partial charge is 0.341 e. The molecule has 1 aromatic heterocycles. The molecule has 2 rings (SSSR count). The van der Waals surface area contributed by atoms with Crippen LogP contribution in [0.15, 0.2) is 29.2 Å². The van der Waals surface area contributed by atoms with Gasteiger partial charge >= 0.3 is 11.9 Å². The molecular formula is C21H26N2O7S2. The summed E-state index contributed by atoms with van der Waals surface area (Å²) in [5, 5.41) is 2.93. The number of aryl methyl sites for hydroxylation is 1. The fourth-order valence-electron chi connectivity index (χ4n) is 2.95. The van der Waals surface area contributed by atoms with Gasteiger partial charge in [-0.1, -0.05) is 19.9 Å². The van der Waals surface area contributed by atoms with E-state index in [-0.39, 0.29) is 23.6 Å². The Morgan fingerprint density at radius 1 is 1.06 bits per heavy atom. The second-order valence-electron chi connectivity index (χ2n) is 6.57. The molecule has 0 atom stereocenters. The van der Waals surface area contributed by atoms with Crippen molar-refractivity contribution in [1.29, 1.82) is 0 Å². The lowest BCUT2D eigenvalue weighted by atomic mass is 10.1. The monoisotopic (exact) mass is 482 g/mol. The molecule has 174 valence electrons. The molecule has 2 N–H and O–H groups in total. The molecule has 0 aliphatic heterocycles. The van der Waals surface area contributed by atoms with Gasteiger partial charge in [-0.3, -0.25) is 4.79 Å². The second kappa shape index (κ2) is 11.2. The molecule has 0 bridgehead atoms. The molecule has 9 nitrogen and oxygen atoms in total. The van der Waals surface area contributed by atoms with E-state index in [1.807, 2.05) is 13.8 Å². The molecule has 0 unspecified atom stereocenters. The van der Waals surface area contributed by atoms with Crippen molar-refractivity contribution in [2.24, 2.45) is 0 Å². The van der Waals surface area contributed by atoms with E-state index in [1.54, 1.807) is 13.8 Å². The van der Waals surface area contributed by atoms with Gasteiger partial charge in [0, 0.05) is 11.4 Å². The Balaban J connectivity index is 2.10. The Hall–Kier alpha value is -2.76. The molecule has 0 saturated heterocycles. The van der Waals surface area contributed by atoms with Crippen molar-refractivity contribution in [3.8, 4) is 0 Å². The van der Waals surface area contributed by atoms with E-state index < -0.39 is 34.5 Å². The first kappa shape index (κ1) is 25.5. The van der Waals surface area contributed by atoms with Gasteiger partial charge in [0.2, 0.25) is 10.0 Å². The fourth-order valence-corrected chi connectivity index (χ4v) is 5.19. The Labute approximate surface area is 191 Å². The number of anilines is 1. The van der Waals surface area contributed by atoms with Crippen LogP contribution in [0, 0.1) is 6.92 Å². The van der Waals surface area contributed by atoms with Gasteiger partial charge in [0.05, 0.1) is 22.6 Å². The molecule has 1 amide bonds. The number of benzene rings is 1. The molecule has 0 fully saturated rings. The van der Waals surface area contributed by atoms with Gasteiger partial charge in [-0.25, -0.2) is 22.7 Å². The standard InChI is InChI=1S/C21H26N2O7S2/c1-5-16-13(4)31-19(18(16)21(26)29-7-3)23-17(24)12-30-20(25)14-9-8-10-15(11-14)32(27,28)22-6-2/h8-11,22H,5-7,12H2,1-4H3,(H,23,24). The first-order chi connectivity index (χ1) is 15.1. The van der Waals surface area contributed by atoms with Gasteiger partial charge in [0.25, 0.3) is 5.91 Å². The number of amides is 1. The first-order valence-corrected chi connectivity index (χ1v) is 12.3. The second-order valence-corrected chi connectivity index (χ2v) is 9.56. The van der Waals surface area contributed by atoms with Crippen LogP contribution in [-0.4, -0.2) is 46.0 Å². The number of esters is 2. The van der Waals surface area contributed by atoms with Crippen molar-refractivity contribution in [1.82, 2.24) is 4.72 Å². The van der Waals surface area contributed by atoms with Crippen molar-refractivity contribution < 1.29 is 32.3 Å². The third kappa shape index (κ3) is 6.15. The van der Waals surface area contributed by atoms with E-state index in [0.29, 0.717) is 17.0 Å². The quantitative estimate of drug-likeness (QED) is 0.498. The number of thiophene rings is 1. The lowest BCUT2D eigenvalue weighted by Crippen LogP contribution is -2.24. The lowest BCUT2D eigenvalue weighted by Gasteiger charge is -2.09. The Bertz CT molecular complexity index is 1110. The maximum atomic E-state index is 12.4. The largest absolute Gasteiger partial charge is 0.462 e. The predicted molar refractivity (Wildman–Crippen MR) is 121 cm³/mol. The maximum absolute atomic E-state index is 12.4. The molecule has 0 aliphatic rings. The number of ether oxygens (including phenoxy) is 2. The van der Waals surface area contributed by atoms with Gasteiger partial charge in [0.1, 0.15) is 5.00 Å². The summed E-state index contributed by atoms with van der Waals surface area (Å²) in [6.45, 7) is 6.87. The molecule has 32 heavy (non-hydrogen) atoms. The highest BCUT2D eigenvalue weighted by atomic mass is 32.2. The van der Waals surface area contributed by atoms with Gasteiger partial charge in [0.15, 0.2) is 6.61 Å². The van der Waals surface area contributed by atoms with Gasteiger partial charge < -0.3 is 14.8 Å². The summed E-state index contributed by atoms with van der Waals surface area (Å²) < 4.78 is 36.7. The minimum Gasteiger partial charge on any atom is -0.462 e. The van der Waals surface area contributed by atoms with Crippen LogP contribution in [0.3, 0.4) is 0 Å². The number of nitrogens with one attached hydrogen (secondary N) is 2. The van der Waals surface area contributed by atoms with E-state index in [9.17, 15) is 22.8 Å². The SMILES string of the molecule is CCNS(=O)(=O)c1cccc(C(=O)OCC(=O)Nc2sc(C)c(CC)c2C(=O)OCC)c1. The molecule has 0 aliphatic carbocycles. The number of sulfonamides is 1. The number of hydrogen-bond donors (Lipinski definition) is 2. The van der Waals surface area contributed by atoms with Crippen molar-refractivity contribution >= 4 is 44.2 Å². The van der Waals surface area contributed by atoms with Gasteiger partial charge in [-0.15, -0.1) is 11.3 Å². The summed E-state index contributed by atoms with van der Waals surface area (Å²) in [5.74, 6) is -2.01. The molecule has 1 heterocycles. The molecule has 2 aromatic rings. The van der Waals surface area contributed by atoms with E-state index >= 15 is 0 Å². The van der Waals surface area contributed by atoms with Crippen molar-refractivity contribution in [3.05, 3.63) is 45.8 Å². The molecule has 0 spiro atoms. The third-order valence-corrected chi connectivity index (χ3v) is 6.95. The third-order valence-electron chi connectivity index (χ3n) is 4.34. The lowest BCUT2D eigenvalue weighted by molar-refractivity contribution is -0.119. The highest BCUT2D eigenvalue weighted by Gasteiger charge is 2.24. The number of hydrogen-bond acceptors (Lipinski definition) is 8. The molecule has 0 saturated carbocycles. The van der Waals surface area contributed by atoms with Crippen LogP contribution in [0.5, 0.6) is 0 Å². The number of carbonyl (C=O) groups excluding carboxylic acids is 3. The minimum absolute atomic E-state index is 0.00997. The van der Waals surface area contributed by atoms with E-state index in [4.69, 9.17) is 9.47 Å². The van der Waals surface area contributed by atoms with Gasteiger partial charge in [-0.05, 0) is 44.0 Å². The highest BCUT2D eigenvalue weighted by Crippen LogP contribution is 2.34. The van der Waals surface area contributed by atoms with Crippen molar-refractivity contribution in [3.63, 3.8) is 0 Å². The Morgan fingerprint density at radius 2 is 1.78 bits per heavy atom. The predicted octanol–water partition coefficient (Wildman–Crippen LogP) is 2.89. The minimum atomic E-state index is -3.74. The normalized spacial score (nSPS) is 11.1. The summed E-state index contributed by atoms with van der Waals surface area (Å²) in [4.78, 5) is 37.8. The van der Waals surface area contributed by atoms with Gasteiger partial charge in [-0.2, -0.15) is 0 Å². The summed E-state index contributed by atoms with van der Waals surface area (Å²) in [6.07, 6.45) is 0.591. The first-order valence-electron chi connectivity index (χ1n) is 10.0. The van der Waals surface area contributed by atoms with E-state index in [1.165, 1.54) is 35.6 Å². The topological polar surface area (TPSA) is 128 Å². The number of carbonyl (C=O) groups is 3. The summed E-state index contributed by atoms with van der Waals surface area (Å²) in [6, 6.07) is 5.32. The fraction of sp³-hybridized carbons (Fsp3) is 0.381. The molecular weight excluding hydrogens is 456 g/mol. The average molecular weight is 483 g/mol. The van der Waals surface area contributed by atoms with Crippen LogP contribution in [0.25, 0.3) is 0 Å². The van der Waals surface area contributed by atoms with Crippen LogP contribution in [0.2, 0.25) is 0 Å². The summed E-state index contributed by atoms with van der Waals surface area (Å²) in [5.41, 5.74) is 1.08. The summed E-state index contributed by atoms with van der Waals surface area (Å²) in [7, 11) is -3.74. The Morgan fingerprint density at radius 3 is 2.41 bits per heavy atom. The van der Waals surface area contributed by atoms with Crippen LogP contribution < -0.4 is 10.0 Å². The van der Waals surface area contributed by atoms with Crippen LogP contribution in [0.4, 0.5) is 5.00 Å². The summed E-state index contributed by atoms with van der Waals surface area (Å²) >= 11 is 1.24. The number of rotatable bonds is 10. The van der Waals surface area contributed by atoms with Crippen molar-refractivity contribution in [2.75, 3.05) is 25.1 Å². The average Bonchev–Trinajstić information content (AvgIpc) is 3.06. The molecule has 1 aromatic carbocycles. The zero-order valence-electron chi connectivity index (χ0n) is 18.3. The maximum Gasteiger partial charge on any atom is 0.341 e. The van der Waals surface area contributed by atoms with Crippen LogP contribution in [0.1, 0.15) is 51.9 Å².